The summed E-state index contributed by atoms with van der Waals surface area (Å²) in [6.07, 6.45) is -3.59. The summed E-state index contributed by atoms with van der Waals surface area (Å²) >= 11 is 0. The van der Waals surface area contributed by atoms with Crippen molar-refractivity contribution in [2.75, 3.05) is 37.9 Å². The summed E-state index contributed by atoms with van der Waals surface area (Å²) in [5, 5.41) is 5.61. The van der Waals surface area contributed by atoms with Gasteiger partial charge in [-0.05, 0) is 24.0 Å². The molecule has 0 fully saturated rings. The van der Waals surface area contributed by atoms with Gasteiger partial charge in [0.2, 0.25) is 0 Å². The highest BCUT2D eigenvalue weighted by atomic mass is 19.4. The standard InChI is InChI=1S/C14H22F3N3O/c1-13(2,5-6-21-4)9-19-12-8-10(14(15,16)17)7-11(18-3)20-12/h7-8H,5-6,9H2,1-4H3,(H2,18,19,20). The van der Waals surface area contributed by atoms with E-state index < -0.39 is 11.7 Å². The van der Waals surface area contributed by atoms with Gasteiger partial charge in [0.1, 0.15) is 11.6 Å². The lowest BCUT2D eigenvalue weighted by atomic mass is 9.90. The van der Waals surface area contributed by atoms with Gasteiger partial charge < -0.3 is 15.4 Å². The number of halogens is 3. The Morgan fingerprint density at radius 1 is 1.19 bits per heavy atom. The van der Waals surface area contributed by atoms with Crippen LogP contribution in [0.3, 0.4) is 0 Å². The minimum Gasteiger partial charge on any atom is -0.385 e. The highest BCUT2D eigenvalue weighted by Gasteiger charge is 2.31. The number of rotatable bonds is 7. The largest absolute Gasteiger partial charge is 0.416 e. The Morgan fingerprint density at radius 3 is 2.33 bits per heavy atom. The quantitative estimate of drug-likeness (QED) is 0.808. The maximum absolute atomic E-state index is 12.8. The number of ether oxygens (including phenoxy) is 1. The number of anilines is 2. The van der Waals surface area contributed by atoms with Crippen LogP contribution in [0.15, 0.2) is 12.1 Å². The second kappa shape index (κ2) is 6.98. The van der Waals surface area contributed by atoms with Gasteiger partial charge in [0, 0.05) is 27.3 Å². The van der Waals surface area contributed by atoms with Crippen LogP contribution < -0.4 is 10.6 Å². The average Bonchev–Trinajstić information content (AvgIpc) is 2.42. The number of hydrogen-bond donors (Lipinski definition) is 2. The third kappa shape index (κ3) is 5.79. The summed E-state index contributed by atoms with van der Waals surface area (Å²) in [6, 6.07) is 2.01. The summed E-state index contributed by atoms with van der Waals surface area (Å²) in [7, 11) is 3.16. The second-order valence-corrected chi connectivity index (χ2v) is 5.63. The van der Waals surface area contributed by atoms with Gasteiger partial charge in [0.25, 0.3) is 0 Å². The Hall–Kier alpha value is -1.50. The van der Waals surface area contributed by atoms with E-state index in [1.807, 2.05) is 13.8 Å². The van der Waals surface area contributed by atoms with Crippen molar-refractivity contribution in [3.8, 4) is 0 Å². The minimum atomic E-state index is -4.39. The van der Waals surface area contributed by atoms with Crippen LogP contribution in [0.25, 0.3) is 0 Å². The maximum atomic E-state index is 12.8. The predicted octanol–water partition coefficient (Wildman–Crippen LogP) is 3.62. The molecule has 0 unspecified atom stereocenters. The van der Waals surface area contributed by atoms with Crippen molar-refractivity contribution in [3.05, 3.63) is 17.7 Å². The molecule has 0 aliphatic heterocycles. The number of hydrogen-bond acceptors (Lipinski definition) is 4. The monoisotopic (exact) mass is 305 g/mol. The molecule has 0 saturated heterocycles. The molecule has 0 radical (unpaired) electrons. The molecule has 120 valence electrons. The van der Waals surface area contributed by atoms with E-state index in [2.05, 4.69) is 15.6 Å². The molecular weight excluding hydrogens is 283 g/mol. The van der Waals surface area contributed by atoms with Crippen LogP contribution >= 0.6 is 0 Å². The average molecular weight is 305 g/mol. The van der Waals surface area contributed by atoms with Crippen LogP contribution in [0, 0.1) is 5.41 Å². The van der Waals surface area contributed by atoms with Crippen molar-refractivity contribution in [1.82, 2.24) is 4.98 Å². The van der Waals surface area contributed by atoms with Crippen molar-refractivity contribution in [2.45, 2.75) is 26.4 Å². The van der Waals surface area contributed by atoms with E-state index in [0.29, 0.717) is 13.2 Å². The van der Waals surface area contributed by atoms with Crippen molar-refractivity contribution in [1.29, 1.82) is 0 Å². The molecule has 0 aromatic carbocycles. The fourth-order valence-electron chi connectivity index (χ4n) is 1.71. The van der Waals surface area contributed by atoms with Gasteiger partial charge >= 0.3 is 6.18 Å². The third-order valence-corrected chi connectivity index (χ3v) is 3.14. The molecule has 4 nitrogen and oxygen atoms in total. The van der Waals surface area contributed by atoms with Crippen LogP contribution in [0.4, 0.5) is 24.8 Å². The highest BCUT2D eigenvalue weighted by molar-refractivity contribution is 5.49. The zero-order valence-electron chi connectivity index (χ0n) is 12.8. The van der Waals surface area contributed by atoms with E-state index >= 15 is 0 Å². The lowest BCUT2D eigenvalue weighted by Gasteiger charge is -2.25. The Labute approximate surface area is 123 Å². The molecule has 0 amide bonds. The van der Waals surface area contributed by atoms with Gasteiger partial charge in [-0.3, -0.25) is 0 Å². The normalized spacial score (nSPS) is 12.3. The van der Waals surface area contributed by atoms with Crippen LogP contribution in [0.2, 0.25) is 0 Å². The molecule has 1 aromatic rings. The van der Waals surface area contributed by atoms with Crippen molar-refractivity contribution in [3.63, 3.8) is 0 Å². The molecule has 2 N–H and O–H groups in total. The summed E-state index contributed by atoms with van der Waals surface area (Å²) in [6.45, 7) is 5.15. The van der Waals surface area contributed by atoms with Crippen LogP contribution in [0.5, 0.6) is 0 Å². The number of aromatic nitrogens is 1. The van der Waals surface area contributed by atoms with Gasteiger partial charge in [-0.1, -0.05) is 13.8 Å². The molecule has 0 spiro atoms. The molecule has 0 atom stereocenters. The second-order valence-electron chi connectivity index (χ2n) is 5.63. The Morgan fingerprint density at radius 2 is 1.81 bits per heavy atom. The van der Waals surface area contributed by atoms with Crippen molar-refractivity contribution < 1.29 is 17.9 Å². The first-order valence-electron chi connectivity index (χ1n) is 6.68. The Kier molecular flexibility index (Phi) is 5.83. The van der Waals surface area contributed by atoms with Crippen molar-refractivity contribution >= 4 is 11.6 Å². The number of nitrogens with one attached hydrogen (secondary N) is 2. The van der Waals surface area contributed by atoms with E-state index in [1.54, 1.807) is 7.11 Å². The van der Waals surface area contributed by atoms with Crippen LogP contribution in [-0.2, 0) is 10.9 Å². The molecule has 1 aromatic heterocycles. The molecule has 1 rings (SSSR count). The van der Waals surface area contributed by atoms with Crippen LogP contribution in [0.1, 0.15) is 25.8 Å². The van der Waals surface area contributed by atoms with E-state index in [0.717, 1.165) is 18.6 Å². The van der Waals surface area contributed by atoms with E-state index in [1.165, 1.54) is 7.05 Å². The lowest BCUT2D eigenvalue weighted by Crippen LogP contribution is -2.25. The van der Waals surface area contributed by atoms with Gasteiger partial charge in [0.05, 0.1) is 5.56 Å². The molecule has 7 heteroatoms. The third-order valence-electron chi connectivity index (χ3n) is 3.14. The smallest absolute Gasteiger partial charge is 0.385 e. The number of nitrogens with zero attached hydrogens (tertiary/aromatic N) is 1. The summed E-state index contributed by atoms with van der Waals surface area (Å²) in [4.78, 5) is 4.10. The van der Waals surface area contributed by atoms with Crippen LogP contribution in [-0.4, -0.2) is 32.3 Å². The molecule has 21 heavy (non-hydrogen) atoms. The fourth-order valence-corrected chi connectivity index (χ4v) is 1.71. The Balaban J connectivity index is 2.83. The first-order valence-corrected chi connectivity index (χ1v) is 6.68. The number of alkyl halides is 3. The molecule has 1 heterocycles. The zero-order chi connectivity index (χ0) is 16.1. The topological polar surface area (TPSA) is 46.2 Å². The van der Waals surface area contributed by atoms with E-state index in [4.69, 9.17) is 4.74 Å². The summed E-state index contributed by atoms with van der Waals surface area (Å²) < 4.78 is 43.5. The SMILES string of the molecule is CNc1cc(C(F)(F)F)cc(NCC(C)(C)CCOC)n1. The summed E-state index contributed by atoms with van der Waals surface area (Å²) in [5.41, 5.74) is -0.829. The molecule has 0 aliphatic carbocycles. The van der Waals surface area contributed by atoms with E-state index in [-0.39, 0.29) is 17.1 Å². The minimum absolute atomic E-state index is 0.105. The highest BCUT2D eigenvalue weighted by Crippen LogP contribution is 2.32. The fraction of sp³-hybridized carbons (Fsp3) is 0.643. The lowest BCUT2D eigenvalue weighted by molar-refractivity contribution is -0.137. The van der Waals surface area contributed by atoms with Gasteiger partial charge in [-0.25, -0.2) is 4.98 Å². The zero-order valence-corrected chi connectivity index (χ0v) is 12.8. The van der Waals surface area contributed by atoms with E-state index in [9.17, 15) is 13.2 Å². The molecule has 0 aliphatic rings. The first-order chi connectivity index (χ1) is 9.68. The number of methoxy groups -OCH3 is 1. The van der Waals surface area contributed by atoms with Gasteiger partial charge in [-0.15, -0.1) is 0 Å². The summed E-state index contributed by atoms with van der Waals surface area (Å²) in [5.74, 6) is 0.390. The Bertz CT molecular complexity index is 461. The predicted molar refractivity (Wildman–Crippen MR) is 77.5 cm³/mol. The molecule has 0 bridgehead atoms. The van der Waals surface area contributed by atoms with Crippen molar-refractivity contribution in [2.24, 2.45) is 5.41 Å². The maximum Gasteiger partial charge on any atom is 0.416 e. The van der Waals surface area contributed by atoms with Gasteiger partial charge in [-0.2, -0.15) is 13.2 Å². The number of pyridine rings is 1. The van der Waals surface area contributed by atoms with Gasteiger partial charge in [0.15, 0.2) is 0 Å². The first kappa shape index (κ1) is 17.6. The molecule has 0 saturated carbocycles. The molecular formula is C14H22F3N3O.